The number of esters is 1. The minimum absolute atomic E-state index is 0.0493. The van der Waals surface area contributed by atoms with Crippen LogP contribution in [0.1, 0.15) is 44.6 Å². The molecule has 1 aromatic carbocycles. The summed E-state index contributed by atoms with van der Waals surface area (Å²) in [4.78, 5) is 29.3. The van der Waals surface area contributed by atoms with Crippen LogP contribution in [0.5, 0.6) is 0 Å². The van der Waals surface area contributed by atoms with Gasteiger partial charge >= 0.3 is 5.97 Å². The Kier molecular flexibility index (Phi) is 6.56. The molecule has 140 valence electrons. The minimum Gasteiger partial charge on any atom is -0.462 e. The fraction of sp³-hybridized carbons (Fsp3) is 0.368. The molecule has 2 rings (SSSR count). The lowest BCUT2D eigenvalue weighted by molar-refractivity contribution is 0.0525. The van der Waals surface area contributed by atoms with Gasteiger partial charge in [0.2, 0.25) is 0 Å². The van der Waals surface area contributed by atoms with Crippen molar-refractivity contribution in [3.8, 4) is 0 Å². The molecule has 26 heavy (non-hydrogen) atoms. The molecule has 0 radical (unpaired) electrons. The molecular weight excluding hydrogens is 359 g/mol. The molecule has 0 amide bonds. The van der Waals surface area contributed by atoms with E-state index in [-0.39, 0.29) is 25.5 Å². The molecule has 0 saturated carbocycles. The molecule has 0 aliphatic rings. The van der Waals surface area contributed by atoms with Gasteiger partial charge in [0.15, 0.2) is 5.78 Å². The third kappa shape index (κ3) is 4.31. The summed E-state index contributed by atoms with van der Waals surface area (Å²) in [6.45, 7) is 5.66. The van der Waals surface area contributed by atoms with Crippen molar-refractivity contribution in [3.63, 3.8) is 0 Å². The molecule has 0 spiro atoms. The molecule has 1 heterocycles. The van der Waals surface area contributed by atoms with Crippen molar-refractivity contribution >= 4 is 23.4 Å². The van der Waals surface area contributed by atoms with Crippen molar-refractivity contribution in [1.29, 1.82) is 0 Å². The lowest BCUT2D eigenvalue weighted by atomic mass is 10.1. The summed E-state index contributed by atoms with van der Waals surface area (Å²) in [5.74, 6) is -1.06. The first-order chi connectivity index (χ1) is 12.3. The first-order valence-corrected chi connectivity index (χ1v) is 8.64. The summed E-state index contributed by atoms with van der Waals surface area (Å²) in [6, 6.07) is 4.48. The number of aryl methyl sites for hydroxylation is 1. The highest BCUT2D eigenvalue weighted by molar-refractivity contribution is 6.31. The average molecular weight is 381 g/mol. The number of aromatic amines is 1. The van der Waals surface area contributed by atoms with Crippen LogP contribution in [0.25, 0.3) is 0 Å². The van der Waals surface area contributed by atoms with E-state index in [2.05, 4.69) is 4.98 Å². The third-order valence-electron chi connectivity index (χ3n) is 4.10. The number of benzene rings is 1. The van der Waals surface area contributed by atoms with Gasteiger partial charge in [-0.25, -0.2) is 9.18 Å². The monoisotopic (exact) mass is 380 g/mol. The average Bonchev–Trinajstić information content (AvgIpc) is 2.86. The van der Waals surface area contributed by atoms with Crippen LogP contribution in [0.2, 0.25) is 5.02 Å². The number of ketones is 1. The number of H-pyrrole nitrogens is 1. The number of Topliss-reactive ketones (excluding diaryl/α,β-unsaturated/α-hetero) is 1. The van der Waals surface area contributed by atoms with Gasteiger partial charge in [0.05, 0.1) is 24.4 Å². The molecule has 2 aromatic rings. The van der Waals surface area contributed by atoms with Gasteiger partial charge in [0.25, 0.3) is 0 Å². The molecule has 0 bridgehead atoms. The maximum atomic E-state index is 13.9. The van der Waals surface area contributed by atoms with Crippen molar-refractivity contribution in [1.82, 2.24) is 9.88 Å². The summed E-state index contributed by atoms with van der Waals surface area (Å²) in [5.41, 5.74) is 2.23. The maximum absolute atomic E-state index is 13.9. The Morgan fingerprint density at radius 2 is 2.00 bits per heavy atom. The Morgan fingerprint density at radius 1 is 1.31 bits per heavy atom. The van der Waals surface area contributed by atoms with E-state index in [0.29, 0.717) is 33.1 Å². The van der Waals surface area contributed by atoms with E-state index in [9.17, 15) is 14.0 Å². The summed E-state index contributed by atoms with van der Waals surface area (Å²) in [7, 11) is 1.71. The number of aromatic nitrogens is 1. The molecule has 0 unspecified atom stereocenters. The number of nitrogens with zero attached hydrogens (tertiary/aromatic N) is 1. The molecule has 0 fully saturated rings. The van der Waals surface area contributed by atoms with Crippen LogP contribution in [-0.4, -0.2) is 41.8 Å². The fourth-order valence-corrected chi connectivity index (χ4v) is 3.09. The number of nitrogens with one attached hydrogen (secondary N) is 1. The van der Waals surface area contributed by atoms with E-state index in [4.69, 9.17) is 16.3 Å². The van der Waals surface area contributed by atoms with E-state index in [1.54, 1.807) is 38.8 Å². The van der Waals surface area contributed by atoms with Gasteiger partial charge in [-0.3, -0.25) is 9.69 Å². The van der Waals surface area contributed by atoms with Gasteiger partial charge in [-0.1, -0.05) is 17.7 Å². The van der Waals surface area contributed by atoms with E-state index in [1.807, 2.05) is 0 Å². The van der Waals surface area contributed by atoms with Gasteiger partial charge < -0.3 is 9.72 Å². The Labute approximate surface area is 157 Å². The fourth-order valence-electron chi connectivity index (χ4n) is 2.87. The van der Waals surface area contributed by atoms with Crippen LogP contribution < -0.4 is 0 Å². The standard InChI is InChI=1S/C19H22ClFN2O3/c1-5-26-19(25)17-11(2)18(22-12(17)3)16(24)10-23(4)9-13-14(20)7-6-8-15(13)21/h6-8,22H,5,9-10H2,1-4H3. The van der Waals surface area contributed by atoms with Crippen molar-refractivity contribution < 1.29 is 18.7 Å². The smallest absolute Gasteiger partial charge is 0.340 e. The second-order valence-corrected chi connectivity index (χ2v) is 6.55. The number of carbonyl (C=O) groups is 2. The second kappa shape index (κ2) is 8.47. The number of carbonyl (C=O) groups excluding carboxylic acids is 2. The van der Waals surface area contributed by atoms with Gasteiger partial charge in [-0.15, -0.1) is 0 Å². The Balaban J connectivity index is 2.15. The zero-order valence-electron chi connectivity index (χ0n) is 15.3. The van der Waals surface area contributed by atoms with Crippen molar-refractivity contribution in [2.45, 2.75) is 27.3 Å². The molecule has 0 aliphatic heterocycles. The Morgan fingerprint density at radius 3 is 2.62 bits per heavy atom. The summed E-state index contributed by atoms with van der Waals surface area (Å²) >= 11 is 6.03. The van der Waals surface area contributed by atoms with Crippen LogP contribution >= 0.6 is 11.6 Å². The first-order valence-electron chi connectivity index (χ1n) is 8.27. The van der Waals surface area contributed by atoms with Crippen molar-refractivity contribution in [2.75, 3.05) is 20.2 Å². The zero-order chi connectivity index (χ0) is 19.4. The normalized spacial score (nSPS) is 11.0. The number of ether oxygens (including phenoxy) is 1. The van der Waals surface area contributed by atoms with Gasteiger partial charge in [0.1, 0.15) is 5.82 Å². The first kappa shape index (κ1) is 20.1. The van der Waals surface area contributed by atoms with Gasteiger partial charge in [0, 0.05) is 22.8 Å². The number of hydrogen-bond acceptors (Lipinski definition) is 4. The Hall–Kier alpha value is -2.18. The van der Waals surface area contributed by atoms with Gasteiger partial charge in [-0.2, -0.15) is 0 Å². The topological polar surface area (TPSA) is 62.4 Å². The lowest BCUT2D eigenvalue weighted by Crippen LogP contribution is -2.26. The van der Waals surface area contributed by atoms with Crippen LogP contribution in [0.3, 0.4) is 0 Å². The molecule has 5 nitrogen and oxygen atoms in total. The summed E-state index contributed by atoms with van der Waals surface area (Å²) < 4.78 is 18.9. The minimum atomic E-state index is -0.454. The van der Waals surface area contributed by atoms with E-state index < -0.39 is 11.8 Å². The molecule has 0 saturated heterocycles. The highest BCUT2D eigenvalue weighted by Gasteiger charge is 2.23. The molecule has 0 aliphatic carbocycles. The maximum Gasteiger partial charge on any atom is 0.340 e. The second-order valence-electron chi connectivity index (χ2n) is 6.14. The third-order valence-corrected chi connectivity index (χ3v) is 4.45. The molecule has 1 N–H and O–H groups in total. The number of halogens is 2. The van der Waals surface area contributed by atoms with Crippen molar-refractivity contribution in [3.05, 3.63) is 57.1 Å². The number of likely N-dealkylation sites (N-methyl/N-ethyl adjacent to an activating group) is 1. The van der Waals surface area contributed by atoms with Crippen LogP contribution in [0, 0.1) is 19.7 Å². The van der Waals surface area contributed by atoms with E-state index >= 15 is 0 Å². The largest absolute Gasteiger partial charge is 0.462 e. The highest BCUT2D eigenvalue weighted by atomic mass is 35.5. The molecule has 0 atom stereocenters. The molecular formula is C19H22ClFN2O3. The SMILES string of the molecule is CCOC(=O)c1c(C)[nH]c(C(=O)CN(C)Cc2c(F)cccc2Cl)c1C. The lowest BCUT2D eigenvalue weighted by Gasteiger charge is -2.17. The van der Waals surface area contributed by atoms with Crippen LogP contribution in [0.15, 0.2) is 18.2 Å². The summed E-state index contributed by atoms with van der Waals surface area (Å²) in [6.07, 6.45) is 0. The van der Waals surface area contributed by atoms with Crippen molar-refractivity contribution in [2.24, 2.45) is 0 Å². The van der Waals surface area contributed by atoms with Gasteiger partial charge in [-0.05, 0) is 45.5 Å². The highest BCUT2D eigenvalue weighted by Crippen LogP contribution is 2.22. The van der Waals surface area contributed by atoms with E-state index in [0.717, 1.165) is 0 Å². The Bertz CT molecular complexity index is 812. The number of hydrogen-bond donors (Lipinski definition) is 1. The predicted octanol–water partition coefficient (Wildman–Crippen LogP) is 3.92. The predicted molar refractivity (Wildman–Crippen MR) is 98.3 cm³/mol. The van der Waals surface area contributed by atoms with Crippen LogP contribution in [0.4, 0.5) is 4.39 Å². The summed E-state index contributed by atoms with van der Waals surface area (Å²) in [5, 5.41) is 0.320. The quantitative estimate of drug-likeness (QED) is 0.584. The molecule has 1 aromatic heterocycles. The van der Waals surface area contributed by atoms with E-state index in [1.165, 1.54) is 12.1 Å². The van der Waals surface area contributed by atoms with Crippen LogP contribution in [-0.2, 0) is 11.3 Å². The zero-order valence-corrected chi connectivity index (χ0v) is 16.0. The molecule has 7 heteroatoms. The number of rotatable bonds is 7.